The van der Waals surface area contributed by atoms with Gasteiger partial charge in [0.1, 0.15) is 11.5 Å². The molecule has 0 atom stereocenters. The van der Waals surface area contributed by atoms with Gasteiger partial charge in [-0.25, -0.2) is 0 Å². The number of ether oxygens (including phenoxy) is 1. The minimum Gasteiger partial charge on any atom is -0.454 e. The second-order valence-corrected chi connectivity index (χ2v) is 4.51. The van der Waals surface area contributed by atoms with E-state index in [0.29, 0.717) is 27.4 Å². The number of rotatable bonds is 3. The zero-order valence-corrected chi connectivity index (χ0v) is 11.1. The first-order chi connectivity index (χ1) is 8.20. The molecule has 0 aliphatic rings. The van der Waals surface area contributed by atoms with Crippen molar-refractivity contribution < 1.29 is 4.74 Å². The number of benzene rings is 2. The van der Waals surface area contributed by atoms with Gasteiger partial charge in [-0.05, 0) is 29.8 Å². The van der Waals surface area contributed by atoms with E-state index in [1.165, 1.54) is 0 Å². The molecule has 2 aromatic carbocycles. The van der Waals surface area contributed by atoms with Crippen LogP contribution in [0, 0.1) is 0 Å². The van der Waals surface area contributed by atoms with E-state index >= 15 is 0 Å². The molecule has 0 unspecified atom stereocenters. The molecule has 2 aromatic rings. The van der Waals surface area contributed by atoms with Crippen molar-refractivity contribution in [2.24, 2.45) is 0 Å². The normalized spacial score (nSPS) is 10.3. The maximum Gasteiger partial charge on any atom is 0.146 e. The van der Waals surface area contributed by atoms with Gasteiger partial charge < -0.3 is 4.74 Å². The average Bonchev–Trinajstić information content (AvgIpc) is 2.34. The first-order valence-electron chi connectivity index (χ1n) is 4.97. The molecule has 17 heavy (non-hydrogen) atoms. The van der Waals surface area contributed by atoms with Crippen LogP contribution in [0.1, 0.15) is 5.56 Å². The third kappa shape index (κ3) is 3.06. The van der Waals surface area contributed by atoms with Gasteiger partial charge in [0.05, 0.1) is 10.0 Å². The number of hydrogen-bond donors (Lipinski definition) is 0. The molecule has 0 saturated carbocycles. The summed E-state index contributed by atoms with van der Waals surface area (Å²) in [5, 5.41) is 1.06. The van der Waals surface area contributed by atoms with Gasteiger partial charge in [0.15, 0.2) is 0 Å². The molecular weight excluding hydrogens is 279 g/mol. The van der Waals surface area contributed by atoms with Gasteiger partial charge in [-0.3, -0.25) is 0 Å². The SMILES string of the molecule is ClCc1ccc(Oc2ccccc2Cl)c(Cl)c1. The quantitative estimate of drug-likeness (QED) is 0.675. The van der Waals surface area contributed by atoms with Crippen LogP contribution < -0.4 is 4.74 Å². The Morgan fingerprint density at radius 3 is 2.24 bits per heavy atom. The topological polar surface area (TPSA) is 9.23 Å². The first kappa shape index (κ1) is 12.6. The lowest BCUT2D eigenvalue weighted by Crippen LogP contribution is -1.87. The molecule has 4 heteroatoms. The van der Waals surface area contributed by atoms with Crippen LogP contribution in [-0.2, 0) is 5.88 Å². The summed E-state index contributed by atoms with van der Waals surface area (Å²) in [5.41, 5.74) is 0.947. The highest BCUT2D eigenvalue weighted by atomic mass is 35.5. The number of halogens is 3. The highest BCUT2D eigenvalue weighted by Gasteiger charge is 2.06. The Bertz CT molecular complexity index is 526. The fourth-order valence-corrected chi connectivity index (χ4v) is 1.94. The van der Waals surface area contributed by atoms with Crippen molar-refractivity contribution in [3.05, 3.63) is 58.1 Å². The molecule has 0 bridgehead atoms. The van der Waals surface area contributed by atoms with Crippen LogP contribution in [0.3, 0.4) is 0 Å². The van der Waals surface area contributed by atoms with Gasteiger partial charge in [0.2, 0.25) is 0 Å². The molecule has 0 fully saturated rings. The van der Waals surface area contributed by atoms with E-state index in [0.717, 1.165) is 5.56 Å². The summed E-state index contributed by atoms with van der Waals surface area (Å²) in [5.74, 6) is 1.56. The van der Waals surface area contributed by atoms with Gasteiger partial charge in [-0.15, -0.1) is 11.6 Å². The second kappa shape index (κ2) is 5.63. The summed E-state index contributed by atoms with van der Waals surface area (Å²) >= 11 is 17.8. The van der Waals surface area contributed by atoms with Crippen LogP contribution in [0.25, 0.3) is 0 Å². The van der Waals surface area contributed by atoms with Crippen molar-refractivity contribution in [2.45, 2.75) is 5.88 Å². The predicted molar refractivity (Wildman–Crippen MR) is 72.5 cm³/mol. The highest BCUT2D eigenvalue weighted by molar-refractivity contribution is 6.33. The van der Waals surface area contributed by atoms with E-state index in [1.54, 1.807) is 24.3 Å². The maximum atomic E-state index is 6.08. The Labute approximate surface area is 115 Å². The average molecular weight is 288 g/mol. The summed E-state index contributed by atoms with van der Waals surface area (Å²) in [6.07, 6.45) is 0. The molecule has 0 N–H and O–H groups in total. The molecule has 0 heterocycles. The molecule has 0 aliphatic heterocycles. The monoisotopic (exact) mass is 286 g/mol. The van der Waals surface area contributed by atoms with Crippen LogP contribution in [-0.4, -0.2) is 0 Å². The molecule has 0 amide bonds. The largest absolute Gasteiger partial charge is 0.454 e. The standard InChI is InChI=1S/C13H9Cl3O/c14-8-9-5-6-13(11(16)7-9)17-12-4-2-1-3-10(12)15/h1-7H,8H2. The van der Waals surface area contributed by atoms with Crippen LogP contribution >= 0.6 is 34.8 Å². The molecule has 0 radical (unpaired) electrons. The lowest BCUT2D eigenvalue weighted by Gasteiger charge is -2.09. The van der Waals surface area contributed by atoms with Crippen LogP contribution in [0.15, 0.2) is 42.5 Å². The third-order valence-electron chi connectivity index (χ3n) is 2.21. The Morgan fingerprint density at radius 2 is 1.59 bits per heavy atom. The summed E-state index contributed by atoms with van der Waals surface area (Å²) in [7, 11) is 0. The fraction of sp³-hybridized carbons (Fsp3) is 0.0769. The van der Waals surface area contributed by atoms with E-state index in [-0.39, 0.29) is 0 Å². The van der Waals surface area contributed by atoms with Gasteiger partial charge in [0, 0.05) is 5.88 Å². The van der Waals surface area contributed by atoms with E-state index in [1.807, 2.05) is 18.2 Å². The number of alkyl halides is 1. The summed E-state index contributed by atoms with van der Waals surface area (Å²) in [6.45, 7) is 0. The molecule has 0 saturated heterocycles. The highest BCUT2D eigenvalue weighted by Crippen LogP contribution is 2.33. The molecule has 0 aliphatic carbocycles. The maximum absolute atomic E-state index is 6.08. The number of hydrogen-bond acceptors (Lipinski definition) is 1. The van der Waals surface area contributed by atoms with Gasteiger partial charge >= 0.3 is 0 Å². The van der Waals surface area contributed by atoms with Crippen molar-refractivity contribution >= 4 is 34.8 Å². The van der Waals surface area contributed by atoms with Crippen LogP contribution in [0.4, 0.5) is 0 Å². The molecule has 0 spiro atoms. The van der Waals surface area contributed by atoms with E-state index in [9.17, 15) is 0 Å². The lowest BCUT2D eigenvalue weighted by molar-refractivity contribution is 0.483. The second-order valence-electron chi connectivity index (χ2n) is 3.43. The van der Waals surface area contributed by atoms with Crippen molar-refractivity contribution in [2.75, 3.05) is 0 Å². The van der Waals surface area contributed by atoms with Crippen LogP contribution in [0.5, 0.6) is 11.5 Å². The van der Waals surface area contributed by atoms with Crippen molar-refractivity contribution in [3.8, 4) is 11.5 Å². The van der Waals surface area contributed by atoms with E-state index in [2.05, 4.69) is 0 Å². The summed E-state index contributed by atoms with van der Waals surface area (Å²) < 4.78 is 5.63. The smallest absolute Gasteiger partial charge is 0.146 e. The Kier molecular flexibility index (Phi) is 4.16. The zero-order chi connectivity index (χ0) is 12.3. The van der Waals surface area contributed by atoms with E-state index in [4.69, 9.17) is 39.5 Å². The molecule has 0 aromatic heterocycles. The fourth-order valence-electron chi connectivity index (χ4n) is 1.36. The van der Waals surface area contributed by atoms with Gasteiger partial charge in [-0.1, -0.05) is 41.4 Å². The minimum absolute atomic E-state index is 0.423. The van der Waals surface area contributed by atoms with Gasteiger partial charge in [0.25, 0.3) is 0 Å². The minimum atomic E-state index is 0.423. The Morgan fingerprint density at radius 1 is 0.882 bits per heavy atom. The number of para-hydroxylation sites is 1. The van der Waals surface area contributed by atoms with Crippen molar-refractivity contribution in [3.63, 3.8) is 0 Å². The Balaban J connectivity index is 2.28. The van der Waals surface area contributed by atoms with Crippen molar-refractivity contribution in [1.29, 1.82) is 0 Å². The summed E-state index contributed by atoms with van der Waals surface area (Å²) in [6, 6.07) is 12.7. The molecular formula is C13H9Cl3O. The predicted octanol–water partition coefficient (Wildman–Crippen LogP) is 5.52. The molecule has 2 rings (SSSR count). The van der Waals surface area contributed by atoms with Crippen molar-refractivity contribution in [1.82, 2.24) is 0 Å². The van der Waals surface area contributed by atoms with Gasteiger partial charge in [-0.2, -0.15) is 0 Å². The lowest BCUT2D eigenvalue weighted by atomic mass is 10.2. The zero-order valence-electron chi connectivity index (χ0n) is 8.79. The molecule has 1 nitrogen and oxygen atoms in total. The van der Waals surface area contributed by atoms with E-state index < -0.39 is 0 Å². The van der Waals surface area contributed by atoms with Crippen LogP contribution in [0.2, 0.25) is 10.0 Å². The third-order valence-corrected chi connectivity index (χ3v) is 3.12. The summed E-state index contributed by atoms with van der Waals surface area (Å²) in [4.78, 5) is 0. The Hall–Kier alpha value is -0.890. The molecule has 88 valence electrons. The first-order valence-corrected chi connectivity index (χ1v) is 6.26.